The summed E-state index contributed by atoms with van der Waals surface area (Å²) in [5.74, 6) is 2.17. The van der Waals surface area contributed by atoms with Crippen molar-refractivity contribution in [3.05, 3.63) is 100 Å². The highest BCUT2D eigenvalue weighted by Crippen LogP contribution is 2.40. The number of carbonyl (C=O) groups is 1. The highest BCUT2D eigenvalue weighted by molar-refractivity contribution is 7.98. The average molecular weight is 590 g/mol. The molecule has 0 saturated carbocycles. The Balaban J connectivity index is 1.51. The number of rotatable bonds is 11. The Morgan fingerprint density at radius 1 is 1.10 bits per heavy atom. The van der Waals surface area contributed by atoms with Gasteiger partial charge in [0.1, 0.15) is 6.04 Å². The second kappa shape index (κ2) is 13.1. The maximum Gasteiger partial charge on any atom is 0.255 e. The number of hydrogen-bond acceptors (Lipinski definition) is 7. The number of methoxy groups -OCH3 is 1. The van der Waals surface area contributed by atoms with Crippen LogP contribution in [0.3, 0.4) is 0 Å². The van der Waals surface area contributed by atoms with E-state index in [4.69, 9.17) is 31.2 Å². The molecule has 2 heterocycles. The van der Waals surface area contributed by atoms with Crippen LogP contribution < -0.4 is 20.1 Å². The summed E-state index contributed by atoms with van der Waals surface area (Å²) in [5.41, 5.74) is 3.73. The number of halogens is 1. The highest BCUT2D eigenvalue weighted by Gasteiger charge is 2.35. The lowest BCUT2D eigenvalue weighted by molar-refractivity contribution is -0.113. The quantitative estimate of drug-likeness (QED) is 0.140. The lowest BCUT2D eigenvalue weighted by Gasteiger charge is -2.29. The van der Waals surface area contributed by atoms with Gasteiger partial charge in [0.2, 0.25) is 11.1 Å². The summed E-state index contributed by atoms with van der Waals surface area (Å²) in [5, 5.41) is 12.4. The van der Waals surface area contributed by atoms with E-state index in [-0.39, 0.29) is 5.91 Å². The summed E-state index contributed by atoms with van der Waals surface area (Å²) in [6, 6.07) is 22.3. The van der Waals surface area contributed by atoms with Crippen molar-refractivity contribution < 1.29 is 14.3 Å². The lowest BCUT2D eigenvalue weighted by atomic mass is 9.94. The molecule has 1 aliphatic rings. The number of unbranched alkanes of at least 4 members (excludes halogenated alkanes) is 1. The molecular weight excluding hydrogens is 558 g/mol. The molecule has 1 aromatic heterocycles. The van der Waals surface area contributed by atoms with E-state index in [9.17, 15) is 4.79 Å². The molecule has 10 heteroatoms. The van der Waals surface area contributed by atoms with E-state index in [1.165, 1.54) is 11.8 Å². The molecule has 41 heavy (non-hydrogen) atoms. The molecule has 1 atom stereocenters. The topological polar surface area (TPSA) is 90.3 Å². The number of para-hydroxylation sites is 1. The molecule has 0 bridgehead atoms. The maximum atomic E-state index is 13.8. The Kier molecular flexibility index (Phi) is 9.16. The minimum Gasteiger partial charge on any atom is -0.493 e. The number of anilines is 2. The number of nitrogens with one attached hydrogen (secondary N) is 2. The predicted octanol–water partition coefficient (Wildman–Crippen LogP) is 7.34. The van der Waals surface area contributed by atoms with Crippen LogP contribution in [-0.4, -0.2) is 34.4 Å². The fourth-order valence-corrected chi connectivity index (χ4v) is 5.69. The van der Waals surface area contributed by atoms with E-state index in [1.54, 1.807) is 11.8 Å². The first-order valence-electron chi connectivity index (χ1n) is 13.5. The fraction of sp³-hybridized carbons (Fsp3) is 0.258. The van der Waals surface area contributed by atoms with Gasteiger partial charge in [0.05, 0.1) is 19.3 Å². The minimum absolute atomic E-state index is 0.236. The summed E-state index contributed by atoms with van der Waals surface area (Å²) >= 11 is 7.85. The van der Waals surface area contributed by atoms with Crippen molar-refractivity contribution in [2.45, 2.75) is 43.6 Å². The Morgan fingerprint density at radius 3 is 2.63 bits per heavy atom. The molecule has 1 unspecified atom stereocenters. The monoisotopic (exact) mass is 589 g/mol. The van der Waals surface area contributed by atoms with Gasteiger partial charge in [0.25, 0.3) is 5.91 Å². The Morgan fingerprint density at radius 2 is 1.88 bits per heavy atom. The second-order valence-electron chi connectivity index (χ2n) is 9.54. The van der Waals surface area contributed by atoms with Crippen LogP contribution in [0.1, 0.15) is 43.9 Å². The summed E-state index contributed by atoms with van der Waals surface area (Å²) in [6.45, 7) is 4.60. The van der Waals surface area contributed by atoms with E-state index < -0.39 is 6.04 Å². The van der Waals surface area contributed by atoms with Crippen molar-refractivity contribution in [2.24, 2.45) is 0 Å². The summed E-state index contributed by atoms with van der Waals surface area (Å²) in [6.07, 6.45) is 1.98. The molecule has 8 nitrogen and oxygen atoms in total. The van der Waals surface area contributed by atoms with E-state index in [1.807, 2.05) is 79.7 Å². The normalized spacial score (nSPS) is 14.3. The SMILES string of the molecule is CCCCOc1ccc(C2C(C(=O)Nc3ccccc3)=C(C)Nc3nc(SCc4ccccc4Cl)nn32)cc1OC. The van der Waals surface area contributed by atoms with Gasteiger partial charge in [-0.15, -0.1) is 5.10 Å². The average Bonchev–Trinajstić information content (AvgIpc) is 3.39. The van der Waals surface area contributed by atoms with Gasteiger partial charge in [-0.3, -0.25) is 4.79 Å². The van der Waals surface area contributed by atoms with Crippen LogP contribution in [0.4, 0.5) is 11.6 Å². The van der Waals surface area contributed by atoms with Crippen molar-refractivity contribution in [1.82, 2.24) is 14.8 Å². The number of aromatic nitrogens is 3. The summed E-state index contributed by atoms with van der Waals surface area (Å²) < 4.78 is 13.4. The third-order valence-electron chi connectivity index (χ3n) is 6.68. The summed E-state index contributed by atoms with van der Waals surface area (Å²) in [4.78, 5) is 18.5. The zero-order valence-electron chi connectivity index (χ0n) is 23.2. The van der Waals surface area contributed by atoms with Crippen molar-refractivity contribution >= 4 is 40.9 Å². The highest BCUT2D eigenvalue weighted by atomic mass is 35.5. The molecule has 212 valence electrons. The number of carbonyl (C=O) groups excluding carboxylic acids is 1. The second-order valence-corrected chi connectivity index (χ2v) is 10.9. The minimum atomic E-state index is -0.560. The molecule has 1 amide bonds. The number of fused-ring (bicyclic) bond motifs is 1. The number of amides is 1. The van der Waals surface area contributed by atoms with Crippen molar-refractivity contribution in [3.8, 4) is 11.5 Å². The standard InChI is InChI=1S/C31H32ClN5O3S/c1-4-5-17-40-25-16-15-21(18-26(25)39-3)28-27(29(38)34-23-12-7-6-8-13-23)20(2)33-30-35-31(36-37(28)30)41-19-22-11-9-10-14-24(22)32/h6-16,18,28H,4-5,17,19H2,1-3H3,(H,34,38)(H,33,35,36). The largest absolute Gasteiger partial charge is 0.493 e. The first kappa shape index (κ1) is 28.6. The first-order chi connectivity index (χ1) is 20.0. The molecule has 2 N–H and O–H groups in total. The number of hydrogen-bond donors (Lipinski definition) is 2. The molecule has 1 aliphatic heterocycles. The van der Waals surface area contributed by atoms with Gasteiger partial charge in [-0.2, -0.15) is 4.98 Å². The van der Waals surface area contributed by atoms with E-state index >= 15 is 0 Å². The number of allylic oxidation sites excluding steroid dienone is 1. The summed E-state index contributed by atoms with van der Waals surface area (Å²) in [7, 11) is 1.61. The smallest absolute Gasteiger partial charge is 0.255 e. The van der Waals surface area contributed by atoms with Gasteiger partial charge in [0, 0.05) is 22.2 Å². The number of benzene rings is 3. The van der Waals surface area contributed by atoms with E-state index in [0.717, 1.165) is 24.0 Å². The van der Waals surface area contributed by atoms with Crippen molar-refractivity contribution in [3.63, 3.8) is 0 Å². The third kappa shape index (κ3) is 6.52. The van der Waals surface area contributed by atoms with Gasteiger partial charge in [-0.1, -0.05) is 79.2 Å². The molecule has 0 fully saturated rings. The Bertz CT molecular complexity index is 1560. The number of ether oxygens (including phenoxy) is 2. The molecule has 0 aliphatic carbocycles. The number of thioether (sulfide) groups is 1. The van der Waals surface area contributed by atoms with Crippen LogP contribution in [0, 0.1) is 0 Å². The van der Waals surface area contributed by atoms with E-state index in [2.05, 4.69) is 17.6 Å². The Labute approximate surface area is 249 Å². The predicted molar refractivity (Wildman–Crippen MR) is 164 cm³/mol. The van der Waals surface area contributed by atoms with Crippen LogP contribution in [-0.2, 0) is 10.5 Å². The first-order valence-corrected chi connectivity index (χ1v) is 14.8. The van der Waals surface area contributed by atoms with Gasteiger partial charge >= 0.3 is 0 Å². The van der Waals surface area contributed by atoms with Gasteiger partial charge in [-0.25, -0.2) is 4.68 Å². The van der Waals surface area contributed by atoms with Gasteiger partial charge < -0.3 is 20.1 Å². The van der Waals surface area contributed by atoms with Crippen LogP contribution in [0.5, 0.6) is 11.5 Å². The Hall–Kier alpha value is -3.95. The molecular formula is C31H32ClN5O3S. The van der Waals surface area contributed by atoms with Crippen molar-refractivity contribution in [1.29, 1.82) is 0 Å². The molecule has 4 aromatic rings. The zero-order chi connectivity index (χ0) is 28.8. The molecule has 0 saturated heterocycles. The van der Waals surface area contributed by atoms with Gasteiger partial charge in [-0.05, 0) is 54.8 Å². The molecule has 0 spiro atoms. The zero-order valence-corrected chi connectivity index (χ0v) is 24.8. The molecule has 0 radical (unpaired) electrons. The molecule has 3 aromatic carbocycles. The number of nitrogens with zero attached hydrogens (tertiary/aromatic N) is 3. The van der Waals surface area contributed by atoms with Gasteiger partial charge in [0.15, 0.2) is 11.5 Å². The molecule has 5 rings (SSSR count). The van der Waals surface area contributed by atoms with Crippen LogP contribution in [0.15, 0.2) is 89.2 Å². The maximum absolute atomic E-state index is 13.8. The van der Waals surface area contributed by atoms with Crippen LogP contribution in [0.25, 0.3) is 0 Å². The van der Waals surface area contributed by atoms with Crippen LogP contribution in [0.2, 0.25) is 5.02 Å². The van der Waals surface area contributed by atoms with Crippen molar-refractivity contribution in [2.75, 3.05) is 24.4 Å². The lowest BCUT2D eigenvalue weighted by Crippen LogP contribution is -2.31. The van der Waals surface area contributed by atoms with Crippen LogP contribution >= 0.6 is 23.4 Å². The third-order valence-corrected chi connectivity index (χ3v) is 7.94. The fourth-order valence-electron chi connectivity index (χ4n) is 4.57. The van der Waals surface area contributed by atoms with E-state index in [0.29, 0.717) is 56.9 Å².